The molecule has 16 heteroatoms. The van der Waals surface area contributed by atoms with Gasteiger partial charge in [-0.05, 0) is 6.42 Å². The monoisotopic (exact) mass is 513 g/mol. The van der Waals surface area contributed by atoms with Crippen LogP contribution >= 0.6 is 0 Å². The molecule has 2 aromatic heterocycles. The molecule has 4 heterocycles. The second-order valence-electron chi connectivity index (χ2n) is 8.68. The molecule has 4 rings (SSSR count). The van der Waals surface area contributed by atoms with Gasteiger partial charge in [-0.25, -0.2) is 9.59 Å². The van der Waals surface area contributed by atoms with Gasteiger partial charge in [0.15, 0.2) is 6.23 Å². The molecule has 36 heavy (non-hydrogen) atoms. The number of hydrogen-bond acceptors (Lipinski definition) is 12. The molecule has 2 aliphatic rings. The molecule has 8 atom stereocenters. The third-order valence-electron chi connectivity index (χ3n) is 6.38. The summed E-state index contributed by atoms with van der Waals surface area (Å²) in [5.74, 6) is -0.770. The van der Waals surface area contributed by atoms with Crippen molar-refractivity contribution in [3.8, 4) is 0 Å². The SMILES string of the molecule is O=c1ccn(C2OC(CN(O)CCC3C(O)C(CO)OC3n3ccc(=O)[nH]c3=O)C(O)C2O)c(=O)[nH]1. The highest BCUT2D eigenvalue weighted by Gasteiger charge is 2.46. The highest BCUT2D eigenvalue weighted by atomic mass is 16.6. The van der Waals surface area contributed by atoms with Crippen molar-refractivity contribution in [2.24, 2.45) is 5.92 Å². The second-order valence-corrected chi connectivity index (χ2v) is 8.68. The minimum atomic E-state index is -1.53. The van der Waals surface area contributed by atoms with E-state index in [1.54, 1.807) is 0 Å². The maximum Gasteiger partial charge on any atom is 0.330 e. The molecule has 0 aromatic carbocycles. The van der Waals surface area contributed by atoms with Crippen molar-refractivity contribution in [1.29, 1.82) is 0 Å². The predicted octanol–water partition coefficient (Wildman–Crippen LogP) is -4.35. The van der Waals surface area contributed by atoms with E-state index in [0.717, 1.165) is 32.5 Å². The Hall–Kier alpha value is -2.96. The molecule has 2 fully saturated rings. The molecule has 0 aliphatic carbocycles. The lowest BCUT2D eigenvalue weighted by Crippen LogP contribution is -2.41. The first kappa shape index (κ1) is 26.1. The van der Waals surface area contributed by atoms with E-state index in [0.29, 0.717) is 0 Å². The van der Waals surface area contributed by atoms with Crippen LogP contribution in [0, 0.1) is 5.92 Å². The molecular weight excluding hydrogens is 486 g/mol. The molecule has 0 saturated carbocycles. The third-order valence-corrected chi connectivity index (χ3v) is 6.38. The predicted molar refractivity (Wildman–Crippen MR) is 117 cm³/mol. The van der Waals surface area contributed by atoms with E-state index < -0.39 is 78.0 Å². The number of rotatable bonds is 8. The number of ether oxygens (including phenoxy) is 2. The highest BCUT2D eigenvalue weighted by molar-refractivity contribution is 4.95. The van der Waals surface area contributed by atoms with E-state index in [1.807, 2.05) is 4.98 Å². The summed E-state index contributed by atoms with van der Waals surface area (Å²) in [6, 6.07) is 2.15. The van der Waals surface area contributed by atoms with Crippen LogP contribution in [-0.2, 0) is 9.47 Å². The van der Waals surface area contributed by atoms with Crippen LogP contribution in [0.5, 0.6) is 0 Å². The van der Waals surface area contributed by atoms with Gasteiger partial charge < -0.3 is 35.1 Å². The lowest BCUT2D eigenvalue weighted by molar-refractivity contribution is -0.140. The Labute approximate surface area is 201 Å². The van der Waals surface area contributed by atoms with Crippen LogP contribution in [0.25, 0.3) is 0 Å². The van der Waals surface area contributed by atoms with Gasteiger partial charge in [0.25, 0.3) is 11.1 Å². The summed E-state index contributed by atoms with van der Waals surface area (Å²) in [5.41, 5.74) is -2.89. The molecule has 16 nitrogen and oxygen atoms in total. The number of nitrogens with zero attached hydrogens (tertiary/aromatic N) is 3. The van der Waals surface area contributed by atoms with Crippen molar-refractivity contribution < 1.29 is 35.1 Å². The van der Waals surface area contributed by atoms with Gasteiger partial charge in [0.1, 0.15) is 30.6 Å². The Morgan fingerprint density at radius 1 is 0.833 bits per heavy atom. The minimum absolute atomic E-state index is 0.0541. The maximum atomic E-state index is 12.2. The average Bonchev–Trinajstić information content (AvgIpc) is 3.28. The van der Waals surface area contributed by atoms with Crippen LogP contribution in [0.3, 0.4) is 0 Å². The smallest absolute Gasteiger partial charge is 0.330 e. The Kier molecular flexibility index (Phi) is 7.67. The summed E-state index contributed by atoms with van der Waals surface area (Å²) in [6.45, 7) is -0.937. The standard InChI is InChI=1S/C20H27N5O11/c26-8-11-14(29)9(17(36-11)24-5-2-12(27)21-19(24)32)1-4-23(34)7-10-15(30)16(31)18(35-10)25-6-3-13(28)22-20(25)33/h2-3,5-6,9-11,14-18,26,29-31,34H,1,4,7-8H2,(H,21,27,32)(H,22,28,33). The van der Waals surface area contributed by atoms with Crippen molar-refractivity contribution in [3.05, 3.63) is 66.2 Å². The van der Waals surface area contributed by atoms with E-state index in [9.17, 15) is 44.8 Å². The van der Waals surface area contributed by atoms with Crippen LogP contribution in [-0.4, -0.2) is 100 Å². The van der Waals surface area contributed by atoms with E-state index >= 15 is 0 Å². The van der Waals surface area contributed by atoms with Crippen LogP contribution in [0.2, 0.25) is 0 Å². The first-order valence-corrected chi connectivity index (χ1v) is 11.1. The topological polar surface area (TPSA) is 233 Å². The van der Waals surface area contributed by atoms with Crippen LogP contribution < -0.4 is 22.5 Å². The van der Waals surface area contributed by atoms with Crippen molar-refractivity contribution in [2.75, 3.05) is 19.7 Å². The zero-order valence-corrected chi connectivity index (χ0v) is 18.8. The van der Waals surface area contributed by atoms with Gasteiger partial charge in [0.2, 0.25) is 0 Å². The van der Waals surface area contributed by atoms with Gasteiger partial charge in [-0.15, -0.1) is 0 Å². The number of aliphatic hydroxyl groups is 4. The van der Waals surface area contributed by atoms with E-state index in [4.69, 9.17) is 9.47 Å². The fourth-order valence-corrected chi connectivity index (χ4v) is 4.50. The minimum Gasteiger partial charge on any atom is -0.394 e. The van der Waals surface area contributed by atoms with Gasteiger partial charge in [-0.2, -0.15) is 5.06 Å². The van der Waals surface area contributed by atoms with E-state index in [1.165, 1.54) is 6.20 Å². The zero-order valence-electron chi connectivity index (χ0n) is 18.8. The van der Waals surface area contributed by atoms with Crippen molar-refractivity contribution in [2.45, 2.75) is 49.4 Å². The van der Waals surface area contributed by atoms with Gasteiger partial charge in [0.05, 0.1) is 19.3 Å². The fraction of sp³-hybridized carbons (Fsp3) is 0.600. The number of H-pyrrole nitrogens is 2. The molecule has 198 valence electrons. The Balaban J connectivity index is 1.42. The third kappa shape index (κ3) is 5.11. The number of aliphatic hydroxyl groups excluding tert-OH is 4. The van der Waals surface area contributed by atoms with Gasteiger partial charge in [-0.1, -0.05) is 0 Å². The Bertz CT molecular complexity index is 1290. The van der Waals surface area contributed by atoms with Crippen molar-refractivity contribution >= 4 is 0 Å². The van der Waals surface area contributed by atoms with E-state index in [2.05, 4.69) is 4.98 Å². The summed E-state index contributed by atoms with van der Waals surface area (Å²) in [7, 11) is 0. The Morgan fingerprint density at radius 3 is 1.94 bits per heavy atom. The van der Waals surface area contributed by atoms with Crippen LogP contribution in [0.4, 0.5) is 0 Å². The highest BCUT2D eigenvalue weighted by Crippen LogP contribution is 2.36. The normalized spacial score (nSPS) is 32.4. The molecule has 0 bridgehead atoms. The number of aromatic amines is 2. The Morgan fingerprint density at radius 2 is 1.39 bits per heavy atom. The molecule has 2 saturated heterocycles. The summed E-state index contributed by atoms with van der Waals surface area (Å²) >= 11 is 0. The largest absolute Gasteiger partial charge is 0.394 e. The van der Waals surface area contributed by atoms with Crippen LogP contribution in [0.1, 0.15) is 18.9 Å². The molecule has 2 aromatic rings. The average molecular weight is 513 g/mol. The summed E-state index contributed by atoms with van der Waals surface area (Å²) in [6.07, 6.45) is -6.31. The fourth-order valence-electron chi connectivity index (χ4n) is 4.50. The summed E-state index contributed by atoms with van der Waals surface area (Å²) in [4.78, 5) is 51.0. The van der Waals surface area contributed by atoms with Gasteiger partial charge in [-0.3, -0.25) is 28.7 Å². The lowest BCUT2D eigenvalue weighted by atomic mass is 9.96. The zero-order chi connectivity index (χ0) is 26.1. The van der Waals surface area contributed by atoms with Gasteiger partial charge >= 0.3 is 11.4 Å². The number of hydrogen-bond donors (Lipinski definition) is 7. The molecule has 0 radical (unpaired) electrons. The number of aromatic nitrogens is 4. The summed E-state index contributed by atoms with van der Waals surface area (Å²) < 4.78 is 13.1. The van der Waals surface area contributed by atoms with Gasteiger partial charge in [0, 0.05) is 37.0 Å². The molecule has 0 spiro atoms. The first-order valence-electron chi connectivity index (χ1n) is 11.1. The maximum absolute atomic E-state index is 12.2. The lowest BCUT2D eigenvalue weighted by Gasteiger charge is -2.25. The second kappa shape index (κ2) is 10.6. The van der Waals surface area contributed by atoms with Crippen molar-refractivity contribution in [1.82, 2.24) is 24.2 Å². The van der Waals surface area contributed by atoms with Crippen LogP contribution in [0.15, 0.2) is 43.7 Å². The van der Waals surface area contributed by atoms with Crippen molar-refractivity contribution in [3.63, 3.8) is 0 Å². The molecule has 8 unspecified atom stereocenters. The first-order chi connectivity index (χ1) is 17.1. The number of nitrogens with one attached hydrogen (secondary N) is 2. The molecule has 7 N–H and O–H groups in total. The number of hydroxylamine groups is 2. The molecular formula is C20H27N5O11. The summed E-state index contributed by atoms with van der Waals surface area (Å²) in [5, 5.41) is 52.0. The molecule has 2 aliphatic heterocycles. The molecule has 0 amide bonds. The van der Waals surface area contributed by atoms with E-state index in [-0.39, 0.29) is 19.5 Å². The quantitative estimate of drug-likeness (QED) is 0.166.